The highest BCUT2D eigenvalue weighted by atomic mass is 16.4. The minimum Gasteiger partial charge on any atom is -0.481 e. The van der Waals surface area contributed by atoms with E-state index < -0.39 is 5.97 Å². The van der Waals surface area contributed by atoms with Gasteiger partial charge in [0.25, 0.3) is 5.97 Å². The number of carbonyl (C=O) groups excluding carboxylic acids is 1. The van der Waals surface area contributed by atoms with Crippen LogP contribution in [0, 0.1) is 0 Å². The van der Waals surface area contributed by atoms with Crippen LogP contribution < -0.4 is 5.73 Å². The van der Waals surface area contributed by atoms with Gasteiger partial charge in [-0.2, -0.15) is 0 Å². The fourth-order valence-corrected chi connectivity index (χ4v) is 0. The van der Waals surface area contributed by atoms with Crippen molar-refractivity contribution in [3.63, 3.8) is 0 Å². The summed E-state index contributed by atoms with van der Waals surface area (Å²) < 4.78 is 4.25. The van der Waals surface area contributed by atoms with Crippen molar-refractivity contribution in [2.24, 2.45) is 5.73 Å². The molecule has 0 heterocycles. The Bertz CT molecular complexity index is 118. The summed E-state index contributed by atoms with van der Waals surface area (Å²) in [4.78, 5) is 18.8. The zero-order valence-electron chi connectivity index (χ0n) is 12.9. The third-order valence-electron chi connectivity index (χ3n) is 0.498. The Hall–Kier alpha value is -1.02. The smallest absolute Gasteiger partial charge is 0.300 e. The first-order valence-corrected chi connectivity index (χ1v) is 4.98. The fraction of sp³-hybridized carbons (Fsp3) is 0.857. The standard InChI is InChI=1S/C4H8O.C2H4O2.C2H6O.CH5N.2CH4O.3CH4/c1-3-4(2)5;1-2(3)4;1-3-2;3*1-2;;;/h3H2,1-2H3;1H3,(H,3,4);1-2H3;2H2,1H3;2*2H,1H3;3*1H4. The van der Waals surface area contributed by atoms with E-state index in [-0.39, 0.29) is 28.1 Å². The number of methoxy groups -OCH3 is 1. The Morgan fingerprint density at radius 2 is 0.952 bits per heavy atom. The molecule has 7 nitrogen and oxygen atoms in total. The molecule has 0 saturated heterocycles. The fourth-order valence-electron chi connectivity index (χ4n) is 0. The molecule has 0 aliphatic carbocycles. The third-order valence-corrected chi connectivity index (χ3v) is 0.498. The predicted molar refractivity (Wildman–Crippen MR) is 93.8 cm³/mol. The number of rotatable bonds is 1. The molecular formula is C14H43NO6. The molecule has 0 rings (SSSR count). The first kappa shape index (κ1) is 59.7. The monoisotopic (exact) mass is 321 g/mol. The van der Waals surface area contributed by atoms with E-state index in [1.54, 1.807) is 21.1 Å². The quantitative estimate of drug-likeness (QED) is 0.581. The first-order chi connectivity index (χ1) is 8.42. The number of hydrogen-bond acceptors (Lipinski definition) is 6. The molecule has 0 saturated carbocycles. The summed E-state index contributed by atoms with van der Waals surface area (Å²) in [5.74, 6) is -0.579. The van der Waals surface area contributed by atoms with E-state index >= 15 is 0 Å². The number of nitrogens with two attached hydrogens (primary N) is 1. The number of aliphatic carboxylic acids is 1. The van der Waals surface area contributed by atoms with Crippen molar-refractivity contribution in [3.05, 3.63) is 0 Å². The lowest BCUT2D eigenvalue weighted by molar-refractivity contribution is -0.134. The van der Waals surface area contributed by atoms with E-state index in [1.165, 1.54) is 7.05 Å². The van der Waals surface area contributed by atoms with Gasteiger partial charge in [0.05, 0.1) is 0 Å². The van der Waals surface area contributed by atoms with Crippen LogP contribution in [0.3, 0.4) is 0 Å². The summed E-state index contributed by atoms with van der Waals surface area (Å²) in [6.07, 6.45) is 0.667. The number of carboxylic acid groups (broad SMARTS) is 1. The summed E-state index contributed by atoms with van der Waals surface area (Å²) in [7, 11) is 6.75. The van der Waals surface area contributed by atoms with Gasteiger partial charge < -0.3 is 30.6 Å². The number of hydrogen-bond donors (Lipinski definition) is 4. The maximum absolute atomic E-state index is 9.81. The van der Waals surface area contributed by atoms with Crippen molar-refractivity contribution in [3.8, 4) is 0 Å². The number of aliphatic hydroxyl groups excluding tert-OH is 2. The number of carboxylic acids is 1. The second-order valence-electron chi connectivity index (χ2n) is 1.98. The normalized spacial score (nSPS) is 4.71. The number of ketones is 1. The van der Waals surface area contributed by atoms with Crippen LogP contribution in [0.25, 0.3) is 0 Å². The van der Waals surface area contributed by atoms with Gasteiger partial charge in [0, 0.05) is 41.8 Å². The second-order valence-corrected chi connectivity index (χ2v) is 1.98. The predicted octanol–water partition coefficient (Wildman–Crippen LogP) is 2.04. The van der Waals surface area contributed by atoms with Gasteiger partial charge in [-0.15, -0.1) is 0 Å². The van der Waals surface area contributed by atoms with Gasteiger partial charge in [-0.05, 0) is 14.0 Å². The van der Waals surface area contributed by atoms with E-state index in [4.69, 9.17) is 20.1 Å². The number of Topliss-reactive ketones (excluding diaryl/α,β-unsaturated/α-hetero) is 1. The van der Waals surface area contributed by atoms with Crippen molar-refractivity contribution in [2.45, 2.75) is 49.5 Å². The van der Waals surface area contributed by atoms with Crippen LogP contribution in [0.4, 0.5) is 0 Å². The minimum absolute atomic E-state index is 0. The SMILES string of the molecule is C.C.C.CC(=O)O.CCC(C)=O.CN.CO.CO.COC. The molecule has 0 amide bonds. The molecular weight excluding hydrogens is 278 g/mol. The topological polar surface area (TPSA) is 130 Å². The third kappa shape index (κ3) is 5700. The number of carbonyl (C=O) groups is 2. The number of aliphatic hydroxyl groups is 2. The lowest BCUT2D eigenvalue weighted by atomic mass is 10.4. The molecule has 0 aromatic rings. The zero-order chi connectivity index (χ0) is 16.6. The molecule has 0 spiro atoms. The van der Waals surface area contributed by atoms with Crippen molar-refractivity contribution < 1.29 is 29.6 Å². The van der Waals surface area contributed by atoms with Gasteiger partial charge in [0.2, 0.25) is 0 Å². The van der Waals surface area contributed by atoms with Crippen LogP contribution in [0.15, 0.2) is 0 Å². The molecule has 0 aromatic carbocycles. The maximum atomic E-state index is 9.81. The molecule has 0 atom stereocenters. The highest BCUT2D eigenvalue weighted by Crippen LogP contribution is 1.71. The molecule has 0 radical (unpaired) electrons. The van der Waals surface area contributed by atoms with Gasteiger partial charge in [0.15, 0.2) is 0 Å². The molecule has 140 valence electrons. The summed E-state index contributed by atoms with van der Waals surface area (Å²) in [6, 6.07) is 0. The van der Waals surface area contributed by atoms with Crippen molar-refractivity contribution in [2.75, 3.05) is 35.5 Å². The lowest BCUT2D eigenvalue weighted by Gasteiger charge is -1.71. The van der Waals surface area contributed by atoms with Gasteiger partial charge >= 0.3 is 0 Å². The summed E-state index contributed by atoms with van der Waals surface area (Å²) in [5.41, 5.74) is 4.50. The molecule has 0 aliphatic heterocycles. The van der Waals surface area contributed by atoms with E-state index in [0.717, 1.165) is 21.1 Å². The van der Waals surface area contributed by atoms with Gasteiger partial charge in [-0.25, -0.2) is 0 Å². The minimum atomic E-state index is -0.833. The molecule has 7 heteroatoms. The summed E-state index contributed by atoms with van der Waals surface area (Å²) >= 11 is 0. The van der Waals surface area contributed by atoms with Crippen molar-refractivity contribution in [1.29, 1.82) is 0 Å². The Morgan fingerprint density at radius 1 is 0.905 bits per heavy atom. The second kappa shape index (κ2) is 126. The molecule has 0 aromatic heterocycles. The van der Waals surface area contributed by atoms with E-state index in [9.17, 15) is 4.79 Å². The van der Waals surface area contributed by atoms with E-state index in [2.05, 4.69) is 10.5 Å². The number of ether oxygens (including phenoxy) is 1. The molecule has 21 heavy (non-hydrogen) atoms. The molecule has 0 fully saturated rings. The van der Waals surface area contributed by atoms with Gasteiger partial charge in [-0.3, -0.25) is 4.79 Å². The largest absolute Gasteiger partial charge is 0.481 e. The maximum Gasteiger partial charge on any atom is 0.300 e. The summed E-state index contributed by atoms with van der Waals surface area (Å²) in [6.45, 7) is 4.52. The van der Waals surface area contributed by atoms with Gasteiger partial charge in [-0.1, -0.05) is 29.2 Å². The Balaban J connectivity index is -0.0000000119. The molecule has 5 N–H and O–H groups in total. The van der Waals surface area contributed by atoms with Crippen LogP contribution in [0.2, 0.25) is 0 Å². The molecule has 0 bridgehead atoms. The molecule has 0 aliphatic rings. The van der Waals surface area contributed by atoms with Crippen molar-refractivity contribution in [1.82, 2.24) is 0 Å². The Morgan fingerprint density at radius 3 is 0.952 bits per heavy atom. The van der Waals surface area contributed by atoms with Gasteiger partial charge in [0.1, 0.15) is 5.78 Å². The van der Waals surface area contributed by atoms with E-state index in [1.807, 2.05) is 6.92 Å². The lowest BCUT2D eigenvalue weighted by Crippen LogP contribution is -1.80. The Labute approximate surface area is 133 Å². The van der Waals surface area contributed by atoms with Crippen LogP contribution in [-0.2, 0) is 14.3 Å². The highest BCUT2D eigenvalue weighted by Gasteiger charge is 1.76. The average molecular weight is 321 g/mol. The zero-order valence-corrected chi connectivity index (χ0v) is 12.9. The van der Waals surface area contributed by atoms with Crippen molar-refractivity contribution >= 4 is 11.8 Å². The average Bonchev–Trinajstić information content (AvgIpc) is 2.37. The van der Waals surface area contributed by atoms with Crippen LogP contribution in [0.1, 0.15) is 49.5 Å². The van der Waals surface area contributed by atoms with Crippen LogP contribution in [0.5, 0.6) is 0 Å². The molecule has 0 unspecified atom stereocenters. The first-order valence-electron chi connectivity index (χ1n) is 4.98. The summed E-state index contributed by atoms with van der Waals surface area (Å²) in [5, 5.41) is 21.4. The van der Waals surface area contributed by atoms with Crippen LogP contribution >= 0.6 is 0 Å². The highest BCUT2D eigenvalue weighted by molar-refractivity contribution is 5.74. The van der Waals surface area contributed by atoms with E-state index in [0.29, 0.717) is 6.42 Å². The van der Waals surface area contributed by atoms with Crippen LogP contribution in [-0.4, -0.2) is 62.6 Å². The Kier molecular flexibility index (Phi) is 358.